The molecule has 0 saturated heterocycles. The number of carbonyl (C=O) groups is 1. The molecule has 17 heavy (non-hydrogen) atoms. The standard InChI is InChI=1S/C12H25NO4/c1-5-13-10(11(14)15)6-8-17-9-7-12(2,3)16-4/h10,13H,5-9H2,1-4H3,(H,14,15). The molecule has 0 radical (unpaired) electrons. The maximum Gasteiger partial charge on any atom is 0.320 e. The number of ether oxygens (including phenoxy) is 2. The molecule has 102 valence electrons. The van der Waals surface area contributed by atoms with E-state index in [0.717, 1.165) is 6.42 Å². The Kier molecular flexibility index (Phi) is 8.12. The van der Waals surface area contributed by atoms with E-state index in [4.69, 9.17) is 14.6 Å². The third-order valence-corrected chi connectivity index (χ3v) is 2.70. The summed E-state index contributed by atoms with van der Waals surface area (Å²) in [7, 11) is 1.67. The van der Waals surface area contributed by atoms with Crippen molar-refractivity contribution in [3.8, 4) is 0 Å². The zero-order valence-corrected chi connectivity index (χ0v) is 11.3. The fourth-order valence-corrected chi connectivity index (χ4v) is 1.28. The zero-order valence-electron chi connectivity index (χ0n) is 11.3. The van der Waals surface area contributed by atoms with Gasteiger partial charge in [0.2, 0.25) is 0 Å². The van der Waals surface area contributed by atoms with Crippen LogP contribution >= 0.6 is 0 Å². The van der Waals surface area contributed by atoms with Crippen LogP contribution in [0.15, 0.2) is 0 Å². The van der Waals surface area contributed by atoms with Crippen molar-refractivity contribution in [1.82, 2.24) is 5.32 Å². The summed E-state index contributed by atoms with van der Waals surface area (Å²) in [6.45, 7) is 7.55. The lowest BCUT2D eigenvalue weighted by Crippen LogP contribution is -2.37. The van der Waals surface area contributed by atoms with Crippen molar-refractivity contribution < 1.29 is 19.4 Å². The topological polar surface area (TPSA) is 67.8 Å². The molecule has 0 fully saturated rings. The van der Waals surface area contributed by atoms with Crippen molar-refractivity contribution in [1.29, 1.82) is 0 Å². The lowest BCUT2D eigenvalue weighted by molar-refractivity contribution is -0.140. The molecule has 1 unspecified atom stereocenters. The number of hydrogen-bond donors (Lipinski definition) is 2. The quantitative estimate of drug-likeness (QED) is 0.569. The number of carboxylic acids is 1. The van der Waals surface area contributed by atoms with Crippen molar-refractivity contribution in [2.45, 2.75) is 45.3 Å². The second kappa shape index (κ2) is 8.44. The van der Waals surface area contributed by atoms with Gasteiger partial charge in [-0.25, -0.2) is 0 Å². The van der Waals surface area contributed by atoms with Gasteiger partial charge in [-0.2, -0.15) is 0 Å². The summed E-state index contributed by atoms with van der Waals surface area (Å²) in [5.74, 6) is -0.826. The van der Waals surface area contributed by atoms with Gasteiger partial charge in [-0.15, -0.1) is 0 Å². The Morgan fingerprint density at radius 1 is 1.41 bits per heavy atom. The van der Waals surface area contributed by atoms with E-state index in [1.807, 2.05) is 20.8 Å². The molecule has 0 saturated carbocycles. The van der Waals surface area contributed by atoms with Gasteiger partial charge < -0.3 is 19.9 Å². The highest BCUT2D eigenvalue weighted by atomic mass is 16.5. The Bertz CT molecular complexity index is 219. The van der Waals surface area contributed by atoms with Crippen LogP contribution in [0.2, 0.25) is 0 Å². The third kappa shape index (κ3) is 8.12. The van der Waals surface area contributed by atoms with E-state index in [0.29, 0.717) is 26.2 Å². The maximum atomic E-state index is 10.8. The second-order valence-corrected chi connectivity index (χ2v) is 4.56. The molecule has 5 nitrogen and oxygen atoms in total. The van der Waals surface area contributed by atoms with Crippen molar-refractivity contribution in [2.75, 3.05) is 26.9 Å². The largest absolute Gasteiger partial charge is 0.480 e. The number of hydrogen-bond acceptors (Lipinski definition) is 4. The minimum atomic E-state index is -0.826. The Morgan fingerprint density at radius 2 is 2.06 bits per heavy atom. The molecule has 0 aliphatic rings. The fourth-order valence-electron chi connectivity index (χ4n) is 1.28. The van der Waals surface area contributed by atoms with E-state index in [2.05, 4.69) is 5.32 Å². The zero-order chi connectivity index (χ0) is 13.3. The van der Waals surface area contributed by atoms with Crippen molar-refractivity contribution >= 4 is 5.97 Å². The number of rotatable bonds is 10. The van der Waals surface area contributed by atoms with Gasteiger partial charge in [0.25, 0.3) is 0 Å². The Balaban J connectivity index is 3.65. The molecular weight excluding hydrogens is 222 g/mol. The van der Waals surface area contributed by atoms with E-state index < -0.39 is 12.0 Å². The molecule has 2 N–H and O–H groups in total. The van der Waals surface area contributed by atoms with Crippen molar-refractivity contribution in [2.24, 2.45) is 0 Å². The minimum Gasteiger partial charge on any atom is -0.480 e. The highest BCUT2D eigenvalue weighted by molar-refractivity contribution is 5.73. The molecule has 0 aromatic carbocycles. The van der Waals surface area contributed by atoms with Gasteiger partial charge in [0, 0.05) is 20.3 Å². The van der Waals surface area contributed by atoms with Crippen LogP contribution in [-0.2, 0) is 14.3 Å². The fraction of sp³-hybridized carbons (Fsp3) is 0.917. The average molecular weight is 247 g/mol. The normalized spacial score (nSPS) is 13.6. The number of likely N-dealkylation sites (N-methyl/N-ethyl adjacent to an activating group) is 1. The van der Waals surface area contributed by atoms with Gasteiger partial charge in [-0.3, -0.25) is 4.79 Å². The van der Waals surface area contributed by atoms with E-state index in [1.54, 1.807) is 7.11 Å². The first-order valence-corrected chi connectivity index (χ1v) is 6.02. The summed E-state index contributed by atoms with van der Waals surface area (Å²) in [5, 5.41) is 11.8. The first-order chi connectivity index (χ1) is 7.93. The van der Waals surface area contributed by atoms with E-state index in [-0.39, 0.29) is 5.60 Å². The highest BCUT2D eigenvalue weighted by Crippen LogP contribution is 2.12. The minimum absolute atomic E-state index is 0.187. The number of aliphatic carboxylic acids is 1. The van der Waals surface area contributed by atoms with Gasteiger partial charge in [0.1, 0.15) is 6.04 Å². The van der Waals surface area contributed by atoms with Gasteiger partial charge in [0.05, 0.1) is 5.60 Å². The summed E-state index contributed by atoms with van der Waals surface area (Å²) in [6.07, 6.45) is 1.28. The summed E-state index contributed by atoms with van der Waals surface area (Å²) < 4.78 is 10.7. The third-order valence-electron chi connectivity index (χ3n) is 2.70. The molecule has 0 heterocycles. The smallest absolute Gasteiger partial charge is 0.320 e. The Hall–Kier alpha value is -0.650. The summed E-state index contributed by atoms with van der Waals surface area (Å²) in [6, 6.07) is -0.518. The number of carboxylic acid groups (broad SMARTS) is 1. The molecule has 0 aromatic rings. The monoisotopic (exact) mass is 247 g/mol. The predicted octanol–water partition coefficient (Wildman–Crippen LogP) is 1.27. The molecule has 0 bridgehead atoms. The molecule has 0 rings (SSSR count). The van der Waals surface area contributed by atoms with Crippen molar-refractivity contribution in [3.05, 3.63) is 0 Å². The first-order valence-electron chi connectivity index (χ1n) is 6.02. The van der Waals surface area contributed by atoms with E-state index in [1.165, 1.54) is 0 Å². The van der Waals surface area contributed by atoms with Crippen LogP contribution in [0, 0.1) is 0 Å². The lowest BCUT2D eigenvalue weighted by Gasteiger charge is -2.22. The molecule has 0 aromatic heterocycles. The Labute approximate surface area is 103 Å². The molecule has 0 aliphatic carbocycles. The molecular formula is C12H25NO4. The van der Waals surface area contributed by atoms with E-state index in [9.17, 15) is 4.79 Å². The van der Waals surface area contributed by atoms with Crippen LogP contribution in [0.3, 0.4) is 0 Å². The number of nitrogens with one attached hydrogen (secondary N) is 1. The van der Waals surface area contributed by atoms with Crippen LogP contribution in [0.1, 0.15) is 33.6 Å². The predicted molar refractivity (Wildman–Crippen MR) is 66.2 cm³/mol. The molecule has 5 heteroatoms. The van der Waals surface area contributed by atoms with Gasteiger partial charge >= 0.3 is 5.97 Å². The van der Waals surface area contributed by atoms with E-state index >= 15 is 0 Å². The lowest BCUT2D eigenvalue weighted by atomic mass is 10.1. The highest BCUT2D eigenvalue weighted by Gasteiger charge is 2.17. The maximum absolute atomic E-state index is 10.8. The number of methoxy groups -OCH3 is 1. The first kappa shape index (κ1) is 16.4. The summed E-state index contributed by atoms with van der Waals surface area (Å²) in [4.78, 5) is 10.8. The van der Waals surface area contributed by atoms with Gasteiger partial charge in [-0.1, -0.05) is 6.92 Å². The van der Waals surface area contributed by atoms with Gasteiger partial charge in [0.15, 0.2) is 0 Å². The van der Waals surface area contributed by atoms with Crippen LogP contribution in [0.25, 0.3) is 0 Å². The summed E-state index contributed by atoms with van der Waals surface area (Å²) in [5.41, 5.74) is -0.187. The molecule has 0 amide bonds. The van der Waals surface area contributed by atoms with Crippen LogP contribution < -0.4 is 5.32 Å². The SMILES string of the molecule is CCNC(CCOCCC(C)(C)OC)C(=O)O. The average Bonchev–Trinajstić information content (AvgIpc) is 2.27. The Morgan fingerprint density at radius 3 is 2.53 bits per heavy atom. The molecule has 1 atom stereocenters. The van der Waals surface area contributed by atoms with Crippen molar-refractivity contribution in [3.63, 3.8) is 0 Å². The molecule has 0 aliphatic heterocycles. The second-order valence-electron chi connectivity index (χ2n) is 4.56. The molecule has 0 spiro atoms. The van der Waals surface area contributed by atoms with Gasteiger partial charge in [-0.05, 0) is 33.2 Å². The van der Waals surface area contributed by atoms with Crippen LogP contribution in [-0.4, -0.2) is 49.6 Å². The van der Waals surface area contributed by atoms with Crippen LogP contribution in [0.4, 0.5) is 0 Å². The van der Waals surface area contributed by atoms with Crippen LogP contribution in [0.5, 0.6) is 0 Å². The summed E-state index contributed by atoms with van der Waals surface area (Å²) >= 11 is 0.